The molecule has 2 aromatic carbocycles. The Morgan fingerprint density at radius 3 is 2.33 bits per heavy atom. The number of hydrogen-bond donors (Lipinski definition) is 0. The van der Waals surface area contributed by atoms with Gasteiger partial charge in [0.2, 0.25) is 0 Å². The van der Waals surface area contributed by atoms with Crippen LogP contribution >= 0.6 is 18.2 Å². The summed E-state index contributed by atoms with van der Waals surface area (Å²) in [6, 6.07) is 10.0. The largest absolute Gasteiger partial charge is 0.440 e. The molecule has 4 nitrogen and oxygen atoms in total. The fourth-order valence-corrected chi connectivity index (χ4v) is 6.07. The van der Waals surface area contributed by atoms with Crippen LogP contribution in [0.5, 0.6) is 5.75 Å². The van der Waals surface area contributed by atoms with E-state index in [1.165, 1.54) is 36.4 Å². The molecule has 1 atom stereocenters. The lowest BCUT2D eigenvalue weighted by atomic mass is 10.0. The molecule has 0 radical (unpaired) electrons. The predicted molar refractivity (Wildman–Crippen MR) is 113 cm³/mol. The molecule has 0 aliphatic carbocycles. The van der Waals surface area contributed by atoms with E-state index in [0.29, 0.717) is 11.7 Å². The molecule has 0 saturated carbocycles. The summed E-state index contributed by atoms with van der Waals surface area (Å²) >= 11 is 1.12. The molecular formula is C21H24F3O4PS. The highest BCUT2D eigenvalue weighted by molar-refractivity contribution is 8.55. The summed E-state index contributed by atoms with van der Waals surface area (Å²) in [7, 11) is 0. The van der Waals surface area contributed by atoms with Crippen LogP contribution in [0.2, 0.25) is 0 Å². The fraction of sp³-hybridized carbons (Fsp3) is 0.381. The number of ketones is 1. The molecule has 0 amide bonds. The van der Waals surface area contributed by atoms with Crippen LogP contribution in [0.4, 0.5) is 13.2 Å². The highest BCUT2D eigenvalue weighted by atomic mass is 32.7. The van der Waals surface area contributed by atoms with Crippen LogP contribution in [0.15, 0.2) is 48.5 Å². The maximum Gasteiger partial charge on any atom is 0.440 e. The van der Waals surface area contributed by atoms with E-state index >= 15 is 0 Å². The summed E-state index contributed by atoms with van der Waals surface area (Å²) in [5, 5.41) is 0. The van der Waals surface area contributed by atoms with Crippen molar-refractivity contribution in [3.8, 4) is 5.75 Å². The van der Waals surface area contributed by atoms with Crippen molar-refractivity contribution in [2.24, 2.45) is 5.92 Å². The third kappa shape index (κ3) is 7.18. The molecule has 0 bridgehead atoms. The molecule has 2 aromatic rings. The monoisotopic (exact) mass is 460 g/mol. The van der Waals surface area contributed by atoms with Gasteiger partial charge in [0.15, 0.2) is 5.78 Å². The predicted octanol–water partition coefficient (Wildman–Crippen LogP) is 7.24. The number of alkyl halides is 3. The minimum absolute atomic E-state index is 0.0669. The first-order valence-corrected chi connectivity index (χ1v) is 12.6. The van der Waals surface area contributed by atoms with Crippen LogP contribution in [-0.4, -0.2) is 18.1 Å². The van der Waals surface area contributed by atoms with Gasteiger partial charge in [0, 0.05) is 16.9 Å². The maximum atomic E-state index is 12.9. The van der Waals surface area contributed by atoms with Crippen molar-refractivity contribution in [3.63, 3.8) is 0 Å². The van der Waals surface area contributed by atoms with Gasteiger partial charge in [0.05, 0.1) is 12.2 Å². The topological polar surface area (TPSA) is 52.6 Å². The van der Waals surface area contributed by atoms with Crippen LogP contribution in [0, 0.1) is 5.92 Å². The average molecular weight is 460 g/mol. The third-order valence-corrected chi connectivity index (χ3v) is 7.80. The zero-order valence-electron chi connectivity index (χ0n) is 16.9. The Kier molecular flexibility index (Phi) is 8.59. The molecule has 0 aliphatic heterocycles. The second-order valence-electron chi connectivity index (χ2n) is 6.90. The van der Waals surface area contributed by atoms with Crippen LogP contribution in [0.25, 0.3) is 0 Å². The molecule has 0 aliphatic rings. The molecule has 9 heteroatoms. The lowest BCUT2D eigenvalue weighted by Crippen LogP contribution is -2.08. The van der Waals surface area contributed by atoms with Crippen molar-refractivity contribution in [1.82, 2.24) is 0 Å². The number of benzene rings is 2. The average Bonchev–Trinajstić information content (AvgIpc) is 2.67. The molecule has 2 rings (SSSR count). The number of carbonyl (C=O) groups is 1. The van der Waals surface area contributed by atoms with Crippen molar-refractivity contribution >= 4 is 24.0 Å². The molecule has 0 heterocycles. The molecule has 0 fully saturated rings. The van der Waals surface area contributed by atoms with Gasteiger partial charge in [-0.2, -0.15) is 13.2 Å². The van der Waals surface area contributed by atoms with E-state index in [1.54, 1.807) is 6.92 Å². The van der Waals surface area contributed by atoms with Crippen molar-refractivity contribution in [1.29, 1.82) is 0 Å². The van der Waals surface area contributed by atoms with Gasteiger partial charge in [-0.1, -0.05) is 26.0 Å². The van der Waals surface area contributed by atoms with Gasteiger partial charge in [0.1, 0.15) is 5.75 Å². The minimum atomic E-state index is -4.53. The second-order valence-corrected chi connectivity index (χ2v) is 11.0. The van der Waals surface area contributed by atoms with Crippen molar-refractivity contribution in [3.05, 3.63) is 65.2 Å². The highest BCUT2D eigenvalue weighted by Gasteiger charge is 2.31. The molecule has 0 N–H and O–H groups in total. The summed E-state index contributed by atoms with van der Waals surface area (Å²) in [6.45, 7) is 2.65. The van der Waals surface area contributed by atoms with Crippen LogP contribution in [0.1, 0.15) is 48.7 Å². The van der Waals surface area contributed by atoms with Gasteiger partial charge in [-0.3, -0.25) is 9.32 Å². The molecular weight excluding hydrogens is 436 g/mol. The van der Waals surface area contributed by atoms with E-state index in [9.17, 15) is 22.5 Å². The molecule has 1 unspecified atom stereocenters. The number of rotatable bonds is 10. The summed E-state index contributed by atoms with van der Waals surface area (Å²) in [4.78, 5) is 12.5. The highest BCUT2D eigenvalue weighted by Crippen LogP contribution is 2.60. The van der Waals surface area contributed by atoms with Gasteiger partial charge in [0.25, 0.3) is 0 Å². The summed E-state index contributed by atoms with van der Waals surface area (Å²) in [5.74, 6) is 0.770. The molecule has 0 spiro atoms. The van der Waals surface area contributed by atoms with Crippen molar-refractivity contribution in [2.75, 3.05) is 12.4 Å². The molecule has 0 saturated heterocycles. The Bertz CT molecular complexity index is 898. The van der Waals surface area contributed by atoms with E-state index in [-0.39, 0.29) is 23.5 Å². The van der Waals surface area contributed by atoms with Crippen LogP contribution in [0.3, 0.4) is 0 Å². The Hall–Kier alpha value is -1.76. The van der Waals surface area contributed by atoms with E-state index in [2.05, 4.69) is 13.8 Å². The smallest absolute Gasteiger partial charge is 0.417 e. The zero-order chi connectivity index (χ0) is 22.4. The Morgan fingerprint density at radius 2 is 1.77 bits per heavy atom. The minimum Gasteiger partial charge on any atom is -0.417 e. The van der Waals surface area contributed by atoms with E-state index < -0.39 is 24.3 Å². The Labute approximate surface area is 178 Å². The first kappa shape index (κ1) is 24.5. The zero-order valence-corrected chi connectivity index (χ0v) is 18.7. The lowest BCUT2D eigenvalue weighted by molar-refractivity contribution is -0.137. The molecule has 0 aromatic heterocycles. The second kappa shape index (κ2) is 10.5. The van der Waals surface area contributed by atoms with E-state index in [1.807, 2.05) is 0 Å². The summed E-state index contributed by atoms with van der Waals surface area (Å²) in [5.41, 5.74) is -0.757. The third-order valence-electron chi connectivity index (χ3n) is 4.02. The van der Waals surface area contributed by atoms with Gasteiger partial charge in [-0.05, 0) is 67.0 Å². The standard InChI is InChI=1S/C21H24F3O4PS/c1-4-27-29(26,30-13-12-15(2)3)28-19-10-8-16(9-11-19)20(25)17-6-5-7-18(14-17)21(22,23)24/h5-11,14-15H,4,12-13H2,1-3H3. The lowest BCUT2D eigenvalue weighted by Gasteiger charge is -2.18. The number of halogens is 3. The van der Waals surface area contributed by atoms with Crippen LogP contribution < -0.4 is 4.52 Å². The Balaban J connectivity index is 2.13. The first-order valence-electron chi connectivity index (χ1n) is 9.45. The van der Waals surface area contributed by atoms with E-state index in [0.717, 1.165) is 29.9 Å². The van der Waals surface area contributed by atoms with Gasteiger partial charge >= 0.3 is 13.0 Å². The first-order chi connectivity index (χ1) is 14.0. The van der Waals surface area contributed by atoms with Gasteiger partial charge in [-0.15, -0.1) is 0 Å². The number of hydrogen-bond acceptors (Lipinski definition) is 5. The quantitative estimate of drug-likeness (QED) is 0.276. The fourth-order valence-electron chi connectivity index (χ4n) is 2.45. The normalized spacial score (nSPS) is 13.8. The summed E-state index contributed by atoms with van der Waals surface area (Å²) in [6.07, 6.45) is -3.67. The van der Waals surface area contributed by atoms with Crippen molar-refractivity contribution in [2.45, 2.75) is 33.4 Å². The molecule has 164 valence electrons. The Morgan fingerprint density at radius 1 is 1.10 bits per heavy atom. The van der Waals surface area contributed by atoms with Gasteiger partial charge < -0.3 is 4.52 Å². The van der Waals surface area contributed by atoms with E-state index in [4.69, 9.17) is 9.05 Å². The molecule has 30 heavy (non-hydrogen) atoms. The van der Waals surface area contributed by atoms with Crippen molar-refractivity contribution < 1.29 is 31.6 Å². The number of carbonyl (C=O) groups excluding carboxylic acids is 1. The van der Waals surface area contributed by atoms with Gasteiger partial charge in [-0.25, -0.2) is 4.57 Å². The SMILES string of the molecule is CCOP(=O)(Oc1ccc(C(=O)c2cccc(C(F)(F)F)c2)cc1)SCCC(C)C. The van der Waals surface area contributed by atoms with Crippen LogP contribution in [-0.2, 0) is 15.3 Å². The maximum absolute atomic E-state index is 12.9. The summed E-state index contributed by atoms with van der Waals surface area (Å²) < 4.78 is 62.4.